The van der Waals surface area contributed by atoms with Gasteiger partial charge >= 0.3 is 0 Å². The highest BCUT2D eigenvalue weighted by atomic mass is 16.6. The van der Waals surface area contributed by atoms with Crippen molar-refractivity contribution in [2.75, 3.05) is 18.0 Å². The van der Waals surface area contributed by atoms with Gasteiger partial charge in [0.15, 0.2) is 5.52 Å². The lowest BCUT2D eigenvalue weighted by atomic mass is 9.93. The van der Waals surface area contributed by atoms with E-state index in [4.69, 9.17) is 0 Å². The molecule has 0 radical (unpaired) electrons. The average molecular weight is 337 g/mol. The number of nitrogens with zero attached hydrogens (tertiary/aromatic N) is 4. The molecule has 0 atom stereocenters. The van der Waals surface area contributed by atoms with Crippen molar-refractivity contribution in [3.63, 3.8) is 0 Å². The number of nitro groups is 1. The Hall–Kier alpha value is -2.96. The minimum atomic E-state index is -0.358. The smallest absolute Gasteiger partial charge is 0.295 e. The minimum absolute atomic E-state index is 0.0646. The van der Waals surface area contributed by atoms with Crippen LogP contribution in [0.2, 0.25) is 0 Å². The van der Waals surface area contributed by atoms with Gasteiger partial charge in [0.05, 0.1) is 4.92 Å². The molecule has 128 valence electrons. The van der Waals surface area contributed by atoms with Gasteiger partial charge in [0.25, 0.3) is 5.69 Å². The standard InChI is InChI=1S/C18H19N5O2/c1-12-11-17(14-3-2-4-16(23(24)25)18(14)20-12)22-9-6-13(7-10-22)15-5-8-19-21-15/h2-5,8,11,13H,6-7,9-10H2,1H3,(H,19,21). The summed E-state index contributed by atoms with van der Waals surface area (Å²) in [6.45, 7) is 3.70. The van der Waals surface area contributed by atoms with E-state index in [-0.39, 0.29) is 10.6 Å². The molecule has 0 bridgehead atoms. The second kappa shape index (κ2) is 6.16. The first kappa shape index (κ1) is 15.6. The van der Waals surface area contributed by atoms with Crippen molar-refractivity contribution in [2.24, 2.45) is 0 Å². The number of H-pyrrole nitrogens is 1. The van der Waals surface area contributed by atoms with Crippen molar-refractivity contribution in [1.29, 1.82) is 0 Å². The summed E-state index contributed by atoms with van der Waals surface area (Å²) < 4.78 is 0. The zero-order valence-electron chi connectivity index (χ0n) is 14.0. The number of hydrogen-bond donors (Lipinski definition) is 1. The Labute approximate surface area is 144 Å². The number of nitro benzene ring substituents is 1. The van der Waals surface area contributed by atoms with Crippen molar-refractivity contribution in [2.45, 2.75) is 25.7 Å². The van der Waals surface area contributed by atoms with Crippen LogP contribution in [0.1, 0.15) is 30.1 Å². The maximum Gasteiger partial charge on any atom is 0.295 e. The van der Waals surface area contributed by atoms with Crippen molar-refractivity contribution in [3.05, 3.63) is 58.0 Å². The minimum Gasteiger partial charge on any atom is -0.371 e. The molecule has 1 aliphatic heterocycles. The highest BCUT2D eigenvalue weighted by Gasteiger charge is 2.24. The summed E-state index contributed by atoms with van der Waals surface area (Å²) in [5, 5.41) is 19.3. The van der Waals surface area contributed by atoms with E-state index in [9.17, 15) is 10.1 Å². The molecule has 3 aromatic rings. The first-order valence-electron chi connectivity index (χ1n) is 8.42. The van der Waals surface area contributed by atoms with Gasteiger partial charge in [-0.3, -0.25) is 15.2 Å². The Bertz CT molecular complexity index is 915. The van der Waals surface area contributed by atoms with Gasteiger partial charge in [-0.25, -0.2) is 4.98 Å². The summed E-state index contributed by atoms with van der Waals surface area (Å²) in [4.78, 5) is 17.7. The van der Waals surface area contributed by atoms with E-state index in [0.29, 0.717) is 11.4 Å². The fourth-order valence-corrected chi connectivity index (χ4v) is 3.67. The van der Waals surface area contributed by atoms with Crippen LogP contribution >= 0.6 is 0 Å². The van der Waals surface area contributed by atoms with Crippen LogP contribution in [0.15, 0.2) is 36.5 Å². The molecule has 4 rings (SSSR count). The zero-order valence-corrected chi connectivity index (χ0v) is 14.0. The van der Waals surface area contributed by atoms with Crippen LogP contribution in [0.5, 0.6) is 0 Å². The number of non-ortho nitro benzene ring substituents is 1. The fourth-order valence-electron chi connectivity index (χ4n) is 3.67. The third kappa shape index (κ3) is 2.82. The summed E-state index contributed by atoms with van der Waals surface area (Å²) in [6, 6.07) is 9.24. The molecule has 0 aliphatic carbocycles. The number of benzene rings is 1. The highest BCUT2D eigenvalue weighted by Crippen LogP contribution is 2.35. The topological polar surface area (TPSA) is 88.0 Å². The third-order valence-electron chi connectivity index (χ3n) is 4.92. The lowest BCUT2D eigenvalue weighted by molar-refractivity contribution is -0.383. The lowest BCUT2D eigenvalue weighted by Crippen LogP contribution is -2.33. The fraction of sp³-hybridized carbons (Fsp3) is 0.333. The SMILES string of the molecule is Cc1cc(N2CCC(c3ccn[nH]3)CC2)c2cccc([N+](=O)[O-])c2n1. The highest BCUT2D eigenvalue weighted by molar-refractivity contribution is 5.97. The van der Waals surface area contributed by atoms with Crippen molar-refractivity contribution in [3.8, 4) is 0 Å². The van der Waals surface area contributed by atoms with Crippen LogP contribution in [0.25, 0.3) is 10.9 Å². The first-order valence-corrected chi connectivity index (χ1v) is 8.42. The number of anilines is 1. The molecule has 7 nitrogen and oxygen atoms in total. The number of piperidine rings is 1. The number of aryl methyl sites for hydroxylation is 1. The van der Waals surface area contributed by atoms with Crippen LogP contribution in [-0.4, -0.2) is 33.2 Å². The average Bonchev–Trinajstić information content (AvgIpc) is 3.15. The van der Waals surface area contributed by atoms with Crippen LogP contribution in [-0.2, 0) is 0 Å². The molecule has 7 heteroatoms. The first-order chi connectivity index (χ1) is 12.1. The Morgan fingerprint density at radius 3 is 2.76 bits per heavy atom. The second-order valence-electron chi connectivity index (χ2n) is 6.49. The number of pyridine rings is 1. The molecule has 1 aromatic carbocycles. The van der Waals surface area contributed by atoms with Gasteiger partial charge in [-0.2, -0.15) is 5.10 Å². The molecule has 0 amide bonds. The van der Waals surface area contributed by atoms with E-state index < -0.39 is 0 Å². The normalized spacial score (nSPS) is 15.6. The zero-order chi connectivity index (χ0) is 17.4. The molecule has 2 aromatic heterocycles. The molecule has 1 aliphatic rings. The lowest BCUT2D eigenvalue weighted by Gasteiger charge is -2.34. The van der Waals surface area contributed by atoms with E-state index in [2.05, 4.69) is 20.1 Å². The summed E-state index contributed by atoms with van der Waals surface area (Å²) in [7, 11) is 0. The van der Waals surface area contributed by atoms with Gasteiger partial charge in [-0.15, -0.1) is 0 Å². The monoisotopic (exact) mass is 337 g/mol. The molecular formula is C18H19N5O2. The number of para-hydroxylation sites is 1. The Balaban J connectivity index is 1.68. The summed E-state index contributed by atoms with van der Waals surface area (Å²) in [6.07, 6.45) is 3.85. The molecule has 0 spiro atoms. The third-order valence-corrected chi connectivity index (χ3v) is 4.92. The molecule has 25 heavy (non-hydrogen) atoms. The number of nitrogens with one attached hydrogen (secondary N) is 1. The predicted octanol–water partition coefficient (Wildman–Crippen LogP) is 3.56. The van der Waals surface area contributed by atoms with Gasteiger partial charge < -0.3 is 4.90 Å². The van der Waals surface area contributed by atoms with Gasteiger partial charge in [0.1, 0.15) is 0 Å². The van der Waals surface area contributed by atoms with Crippen molar-refractivity contribution < 1.29 is 4.92 Å². The van der Waals surface area contributed by atoms with Gasteiger partial charge in [0, 0.05) is 53.7 Å². The quantitative estimate of drug-likeness (QED) is 0.583. The van der Waals surface area contributed by atoms with Gasteiger partial charge in [-0.1, -0.05) is 12.1 Å². The molecule has 1 N–H and O–H groups in total. The Morgan fingerprint density at radius 1 is 1.28 bits per heavy atom. The van der Waals surface area contributed by atoms with Crippen LogP contribution in [0.3, 0.4) is 0 Å². The van der Waals surface area contributed by atoms with Gasteiger partial charge in [-0.05, 0) is 31.9 Å². The van der Waals surface area contributed by atoms with Crippen LogP contribution in [0, 0.1) is 17.0 Å². The summed E-state index contributed by atoms with van der Waals surface area (Å²) in [5.74, 6) is 0.488. The van der Waals surface area contributed by atoms with Gasteiger partial charge in [0.2, 0.25) is 0 Å². The Kier molecular flexibility index (Phi) is 3.83. The van der Waals surface area contributed by atoms with Crippen LogP contribution < -0.4 is 4.90 Å². The number of fused-ring (bicyclic) bond motifs is 1. The summed E-state index contributed by atoms with van der Waals surface area (Å²) in [5.41, 5.74) is 3.56. The number of aromatic amines is 1. The number of hydrogen-bond acceptors (Lipinski definition) is 5. The molecule has 1 saturated heterocycles. The van der Waals surface area contributed by atoms with Crippen molar-refractivity contribution in [1.82, 2.24) is 15.2 Å². The van der Waals surface area contributed by atoms with E-state index in [1.54, 1.807) is 12.3 Å². The molecule has 1 fully saturated rings. The van der Waals surface area contributed by atoms with Crippen LogP contribution in [0.4, 0.5) is 11.4 Å². The van der Waals surface area contributed by atoms with E-state index in [0.717, 1.165) is 42.7 Å². The second-order valence-corrected chi connectivity index (χ2v) is 6.49. The maximum absolute atomic E-state index is 11.3. The molecule has 0 unspecified atom stereocenters. The Morgan fingerprint density at radius 2 is 2.08 bits per heavy atom. The summed E-state index contributed by atoms with van der Waals surface area (Å²) >= 11 is 0. The maximum atomic E-state index is 11.3. The number of aromatic nitrogens is 3. The van der Waals surface area contributed by atoms with E-state index >= 15 is 0 Å². The van der Waals surface area contributed by atoms with E-state index in [1.807, 2.05) is 25.1 Å². The van der Waals surface area contributed by atoms with E-state index in [1.165, 1.54) is 11.8 Å². The largest absolute Gasteiger partial charge is 0.371 e. The molecule has 0 saturated carbocycles. The molecule has 3 heterocycles. The predicted molar refractivity (Wildman–Crippen MR) is 95.9 cm³/mol. The number of rotatable bonds is 3. The van der Waals surface area contributed by atoms with Crippen molar-refractivity contribution >= 4 is 22.3 Å². The molecular weight excluding hydrogens is 318 g/mol.